The maximum Gasteiger partial charge on any atom is 0.254 e. The highest BCUT2D eigenvalue weighted by Gasteiger charge is 2.09. The molecular weight excluding hydrogens is 260 g/mol. The molecule has 0 bridgehead atoms. The van der Waals surface area contributed by atoms with Crippen molar-refractivity contribution in [2.75, 3.05) is 0 Å². The molecule has 0 aliphatic rings. The van der Waals surface area contributed by atoms with Gasteiger partial charge in [0.2, 0.25) is 0 Å². The number of hydrogen-bond acceptors (Lipinski definition) is 6. The molecule has 0 aromatic carbocycles. The van der Waals surface area contributed by atoms with Crippen molar-refractivity contribution in [3.05, 3.63) is 36.0 Å². The Morgan fingerprint density at radius 1 is 1.18 bits per heavy atom. The van der Waals surface area contributed by atoms with Crippen molar-refractivity contribution >= 4 is 29.1 Å². The number of rotatable bonds is 2. The van der Waals surface area contributed by atoms with Crippen molar-refractivity contribution < 1.29 is 0 Å². The molecule has 6 nitrogen and oxygen atoms in total. The largest absolute Gasteiger partial charge is 0.254 e. The number of hydrogen-bond donors (Lipinski definition) is 0. The van der Waals surface area contributed by atoms with Crippen molar-refractivity contribution in [2.24, 2.45) is 0 Å². The van der Waals surface area contributed by atoms with Crippen LogP contribution in [0.3, 0.4) is 0 Å². The summed E-state index contributed by atoms with van der Waals surface area (Å²) < 4.78 is 1.59. The molecule has 3 aromatic rings. The summed E-state index contributed by atoms with van der Waals surface area (Å²) in [5.41, 5.74) is 0. The molecule has 0 aliphatic heterocycles. The van der Waals surface area contributed by atoms with E-state index in [2.05, 4.69) is 25.0 Å². The first-order valence-electron chi connectivity index (χ1n) is 4.64. The Kier molecular flexibility index (Phi) is 2.62. The molecule has 0 unspecified atom stereocenters. The molecule has 0 saturated carbocycles. The molecule has 0 spiro atoms. The van der Waals surface area contributed by atoms with Crippen LogP contribution in [0.5, 0.6) is 0 Å². The van der Waals surface area contributed by atoms with Gasteiger partial charge in [-0.15, -0.1) is 0 Å². The van der Waals surface area contributed by atoms with Crippen LogP contribution in [-0.2, 0) is 0 Å². The van der Waals surface area contributed by atoms with E-state index in [1.165, 1.54) is 18.1 Å². The highest BCUT2D eigenvalue weighted by atomic mass is 35.5. The van der Waals surface area contributed by atoms with E-state index in [1.54, 1.807) is 29.0 Å². The number of nitrogens with zero attached hydrogens (tertiary/aromatic N) is 6. The second kappa shape index (κ2) is 4.27. The summed E-state index contributed by atoms with van der Waals surface area (Å²) in [6.45, 7) is 0. The van der Waals surface area contributed by atoms with Crippen molar-refractivity contribution in [1.29, 1.82) is 0 Å². The Bertz CT molecular complexity index is 655. The standard InChI is InChI=1S/C9H5ClN6S/c10-6-4-7(16-8(15-6)13-5-14-16)17-9-11-2-1-3-12-9/h1-5H. The lowest BCUT2D eigenvalue weighted by Gasteiger charge is -2.02. The number of halogens is 1. The average Bonchev–Trinajstić information content (AvgIpc) is 2.78. The third kappa shape index (κ3) is 2.06. The van der Waals surface area contributed by atoms with Gasteiger partial charge in [0.1, 0.15) is 16.5 Å². The number of aromatic nitrogens is 6. The molecule has 3 aromatic heterocycles. The van der Waals surface area contributed by atoms with Crippen LogP contribution in [0, 0.1) is 0 Å². The summed E-state index contributed by atoms with van der Waals surface area (Å²) in [6.07, 6.45) is 4.78. The molecule has 0 atom stereocenters. The van der Waals surface area contributed by atoms with Gasteiger partial charge in [-0.2, -0.15) is 19.6 Å². The van der Waals surface area contributed by atoms with Gasteiger partial charge in [-0.3, -0.25) is 0 Å². The lowest BCUT2D eigenvalue weighted by Crippen LogP contribution is -1.96. The topological polar surface area (TPSA) is 68.9 Å². The summed E-state index contributed by atoms with van der Waals surface area (Å²) in [6, 6.07) is 3.46. The van der Waals surface area contributed by atoms with Gasteiger partial charge < -0.3 is 0 Å². The second-order valence-corrected chi connectivity index (χ2v) is 4.40. The summed E-state index contributed by atoms with van der Waals surface area (Å²) >= 11 is 7.25. The third-order valence-corrected chi connectivity index (χ3v) is 3.01. The first kappa shape index (κ1) is 10.4. The van der Waals surface area contributed by atoms with Crippen LogP contribution in [0.1, 0.15) is 0 Å². The summed E-state index contributed by atoms with van der Waals surface area (Å²) in [7, 11) is 0. The van der Waals surface area contributed by atoms with Gasteiger partial charge in [0.25, 0.3) is 5.78 Å². The maximum atomic E-state index is 5.90. The van der Waals surface area contributed by atoms with E-state index in [4.69, 9.17) is 11.6 Å². The Morgan fingerprint density at radius 2 is 2.00 bits per heavy atom. The van der Waals surface area contributed by atoms with Gasteiger partial charge in [-0.05, 0) is 17.8 Å². The molecule has 17 heavy (non-hydrogen) atoms. The van der Waals surface area contributed by atoms with Gasteiger partial charge >= 0.3 is 0 Å². The Labute approximate surface area is 105 Å². The first-order valence-corrected chi connectivity index (χ1v) is 5.83. The molecule has 0 radical (unpaired) electrons. The maximum absolute atomic E-state index is 5.90. The molecule has 0 fully saturated rings. The van der Waals surface area contributed by atoms with Crippen LogP contribution in [0.2, 0.25) is 5.15 Å². The highest BCUT2D eigenvalue weighted by molar-refractivity contribution is 7.99. The first-order chi connectivity index (χ1) is 8.33. The summed E-state index contributed by atoms with van der Waals surface area (Å²) in [5, 5.41) is 5.81. The van der Waals surface area contributed by atoms with E-state index in [-0.39, 0.29) is 0 Å². The zero-order valence-electron chi connectivity index (χ0n) is 8.36. The monoisotopic (exact) mass is 264 g/mol. The van der Waals surface area contributed by atoms with Gasteiger partial charge in [0, 0.05) is 18.5 Å². The van der Waals surface area contributed by atoms with Gasteiger partial charge in [0.15, 0.2) is 5.16 Å². The van der Waals surface area contributed by atoms with Gasteiger partial charge in [-0.1, -0.05) is 11.6 Å². The van der Waals surface area contributed by atoms with E-state index in [9.17, 15) is 0 Å². The minimum atomic E-state index is 0.365. The fourth-order valence-corrected chi connectivity index (χ4v) is 2.31. The average molecular weight is 265 g/mol. The van der Waals surface area contributed by atoms with E-state index < -0.39 is 0 Å². The molecule has 0 saturated heterocycles. The molecule has 3 rings (SSSR count). The zero-order chi connectivity index (χ0) is 11.7. The molecule has 84 valence electrons. The van der Waals surface area contributed by atoms with Gasteiger partial charge in [0.05, 0.1) is 0 Å². The summed E-state index contributed by atoms with van der Waals surface area (Å²) in [4.78, 5) is 16.3. The predicted octanol–water partition coefficient (Wildman–Crippen LogP) is 1.72. The second-order valence-electron chi connectivity index (χ2n) is 3.02. The predicted molar refractivity (Wildman–Crippen MR) is 61.9 cm³/mol. The van der Waals surface area contributed by atoms with Crippen molar-refractivity contribution in [1.82, 2.24) is 29.5 Å². The van der Waals surface area contributed by atoms with Crippen LogP contribution < -0.4 is 0 Å². The van der Waals surface area contributed by atoms with Crippen molar-refractivity contribution in [3.8, 4) is 0 Å². The number of fused-ring (bicyclic) bond motifs is 1. The van der Waals surface area contributed by atoms with E-state index >= 15 is 0 Å². The van der Waals surface area contributed by atoms with Crippen molar-refractivity contribution in [2.45, 2.75) is 10.2 Å². The van der Waals surface area contributed by atoms with Gasteiger partial charge in [-0.25, -0.2) is 9.97 Å². The lowest BCUT2D eigenvalue weighted by atomic mass is 10.7. The van der Waals surface area contributed by atoms with Crippen LogP contribution in [-0.4, -0.2) is 29.5 Å². The SMILES string of the molecule is Clc1cc(Sc2ncccn2)n2ncnc2n1. The third-order valence-electron chi connectivity index (χ3n) is 1.93. The summed E-state index contributed by atoms with van der Waals surface area (Å²) in [5.74, 6) is 0.455. The molecule has 0 amide bonds. The molecular formula is C9H5ClN6S. The Balaban J connectivity index is 2.08. The molecule has 0 N–H and O–H groups in total. The van der Waals surface area contributed by atoms with E-state index in [1.807, 2.05) is 0 Å². The van der Waals surface area contributed by atoms with Crippen LogP contribution in [0.25, 0.3) is 5.78 Å². The van der Waals surface area contributed by atoms with Crippen molar-refractivity contribution in [3.63, 3.8) is 0 Å². The Hall–Kier alpha value is -1.73. The highest BCUT2D eigenvalue weighted by Crippen LogP contribution is 2.25. The van der Waals surface area contributed by atoms with Crippen LogP contribution in [0.15, 0.2) is 41.0 Å². The van der Waals surface area contributed by atoms with E-state index in [0.717, 1.165) is 5.03 Å². The fraction of sp³-hybridized carbons (Fsp3) is 0. The zero-order valence-corrected chi connectivity index (χ0v) is 9.93. The Morgan fingerprint density at radius 3 is 2.82 bits per heavy atom. The fourth-order valence-electron chi connectivity index (χ4n) is 1.26. The minimum absolute atomic E-state index is 0.365. The lowest BCUT2D eigenvalue weighted by molar-refractivity contribution is 0.836. The normalized spacial score (nSPS) is 10.9. The molecule has 3 heterocycles. The molecule has 8 heteroatoms. The quantitative estimate of drug-likeness (QED) is 0.519. The smallest absolute Gasteiger partial charge is 0.231 e. The minimum Gasteiger partial charge on any atom is -0.231 e. The van der Waals surface area contributed by atoms with E-state index in [0.29, 0.717) is 16.1 Å². The van der Waals surface area contributed by atoms with Crippen LogP contribution >= 0.6 is 23.4 Å². The van der Waals surface area contributed by atoms with Crippen LogP contribution in [0.4, 0.5) is 0 Å². The molecule has 0 aliphatic carbocycles.